The maximum Gasteiger partial charge on any atom is 0.337 e. The molecular formula is C14H19NO3. The van der Waals surface area contributed by atoms with Gasteiger partial charge in [-0.2, -0.15) is 0 Å². The average molecular weight is 249 g/mol. The SMILES string of the molecule is CC[C@H]1COc2cc(C(=O)OC)ccc2CN1C. The van der Waals surface area contributed by atoms with Crippen LogP contribution in [0.3, 0.4) is 0 Å². The number of carbonyl (C=O) groups excluding carboxylic acids is 1. The molecule has 0 fully saturated rings. The summed E-state index contributed by atoms with van der Waals surface area (Å²) >= 11 is 0. The van der Waals surface area contributed by atoms with Crippen molar-refractivity contribution in [2.75, 3.05) is 20.8 Å². The van der Waals surface area contributed by atoms with Gasteiger partial charge in [0.1, 0.15) is 12.4 Å². The first kappa shape index (κ1) is 12.9. The fraction of sp³-hybridized carbons (Fsp3) is 0.500. The van der Waals surface area contributed by atoms with Gasteiger partial charge >= 0.3 is 5.97 Å². The minimum atomic E-state index is -0.328. The number of hydrogen-bond acceptors (Lipinski definition) is 4. The molecule has 98 valence electrons. The number of hydrogen-bond donors (Lipinski definition) is 0. The number of benzene rings is 1. The topological polar surface area (TPSA) is 38.8 Å². The number of carbonyl (C=O) groups is 1. The van der Waals surface area contributed by atoms with Crippen molar-refractivity contribution in [2.24, 2.45) is 0 Å². The Morgan fingerprint density at radius 3 is 3.00 bits per heavy atom. The third kappa shape index (κ3) is 2.48. The van der Waals surface area contributed by atoms with Crippen LogP contribution >= 0.6 is 0 Å². The fourth-order valence-corrected chi connectivity index (χ4v) is 2.20. The van der Waals surface area contributed by atoms with Crippen molar-refractivity contribution >= 4 is 5.97 Å². The monoisotopic (exact) mass is 249 g/mol. The number of rotatable bonds is 2. The molecule has 4 heteroatoms. The molecule has 1 aliphatic rings. The first-order valence-electron chi connectivity index (χ1n) is 6.20. The van der Waals surface area contributed by atoms with E-state index in [-0.39, 0.29) is 5.97 Å². The van der Waals surface area contributed by atoms with Crippen molar-refractivity contribution in [2.45, 2.75) is 25.9 Å². The Kier molecular flexibility index (Phi) is 3.87. The highest BCUT2D eigenvalue weighted by Crippen LogP contribution is 2.26. The lowest BCUT2D eigenvalue weighted by molar-refractivity contribution is 0.0600. The summed E-state index contributed by atoms with van der Waals surface area (Å²) in [5, 5.41) is 0. The van der Waals surface area contributed by atoms with Gasteiger partial charge in [0.25, 0.3) is 0 Å². The number of nitrogens with zero attached hydrogens (tertiary/aromatic N) is 1. The molecule has 0 bridgehead atoms. The zero-order valence-corrected chi connectivity index (χ0v) is 11.1. The lowest BCUT2D eigenvalue weighted by atomic mass is 10.1. The minimum Gasteiger partial charge on any atom is -0.492 e. The van der Waals surface area contributed by atoms with Crippen molar-refractivity contribution in [1.82, 2.24) is 4.90 Å². The highest BCUT2D eigenvalue weighted by atomic mass is 16.5. The first-order chi connectivity index (χ1) is 8.65. The van der Waals surface area contributed by atoms with E-state index in [1.54, 1.807) is 12.1 Å². The summed E-state index contributed by atoms with van der Waals surface area (Å²) < 4.78 is 10.5. The van der Waals surface area contributed by atoms with E-state index in [1.807, 2.05) is 6.07 Å². The van der Waals surface area contributed by atoms with Crippen LogP contribution in [0.15, 0.2) is 18.2 Å². The standard InChI is InChI=1S/C14H19NO3/c1-4-12-9-18-13-7-10(14(16)17-3)5-6-11(13)8-15(12)2/h5-7,12H,4,8-9H2,1-3H3/t12-/m0/s1. The Bertz CT molecular complexity index is 445. The molecule has 0 spiro atoms. The van der Waals surface area contributed by atoms with E-state index in [9.17, 15) is 4.79 Å². The molecule has 0 radical (unpaired) electrons. The summed E-state index contributed by atoms with van der Waals surface area (Å²) in [6.45, 7) is 3.65. The maximum atomic E-state index is 11.5. The normalized spacial score (nSPS) is 19.6. The van der Waals surface area contributed by atoms with Crippen molar-refractivity contribution in [1.29, 1.82) is 0 Å². The summed E-state index contributed by atoms with van der Waals surface area (Å²) in [5.74, 6) is 0.465. The quantitative estimate of drug-likeness (QED) is 0.752. The number of fused-ring (bicyclic) bond motifs is 1. The number of likely N-dealkylation sites (N-methyl/N-ethyl adjacent to an activating group) is 1. The van der Waals surface area contributed by atoms with E-state index in [2.05, 4.69) is 18.9 Å². The van der Waals surface area contributed by atoms with E-state index in [0.29, 0.717) is 18.2 Å². The molecule has 0 aliphatic carbocycles. The van der Waals surface area contributed by atoms with Gasteiger partial charge in [0.15, 0.2) is 0 Å². The number of esters is 1. The predicted molar refractivity (Wildman–Crippen MR) is 68.8 cm³/mol. The molecular weight excluding hydrogens is 230 g/mol. The van der Waals surface area contributed by atoms with E-state index < -0.39 is 0 Å². The van der Waals surface area contributed by atoms with Gasteiger partial charge in [0.2, 0.25) is 0 Å². The van der Waals surface area contributed by atoms with Crippen LogP contribution in [0.2, 0.25) is 0 Å². The largest absolute Gasteiger partial charge is 0.492 e. The molecule has 18 heavy (non-hydrogen) atoms. The molecule has 1 heterocycles. The fourth-order valence-electron chi connectivity index (χ4n) is 2.20. The maximum absolute atomic E-state index is 11.5. The Balaban J connectivity index is 2.27. The molecule has 0 N–H and O–H groups in total. The van der Waals surface area contributed by atoms with Gasteiger partial charge in [0.05, 0.1) is 12.7 Å². The van der Waals surface area contributed by atoms with Gasteiger partial charge in [-0.1, -0.05) is 13.0 Å². The predicted octanol–water partition coefficient (Wildman–Crippen LogP) is 2.08. The van der Waals surface area contributed by atoms with Gasteiger partial charge in [-0.05, 0) is 25.6 Å². The highest BCUT2D eigenvalue weighted by molar-refractivity contribution is 5.89. The number of methoxy groups -OCH3 is 1. The van der Waals surface area contributed by atoms with E-state index in [4.69, 9.17) is 9.47 Å². The molecule has 1 aliphatic heterocycles. The molecule has 0 saturated heterocycles. The third-order valence-electron chi connectivity index (χ3n) is 3.43. The van der Waals surface area contributed by atoms with E-state index in [1.165, 1.54) is 7.11 Å². The van der Waals surface area contributed by atoms with Crippen LogP contribution in [0, 0.1) is 0 Å². The summed E-state index contributed by atoms with van der Waals surface area (Å²) in [7, 11) is 3.48. The Morgan fingerprint density at radius 1 is 1.56 bits per heavy atom. The molecule has 0 unspecified atom stereocenters. The lowest BCUT2D eigenvalue weighted by Gasteiger charge is -2.22. The molecule has 2 rings (SSSR count). The summed E-state index contributed by atoms with van der Waals surface area (Å²) in [4.78, 5) is 13.8. The highest BCUT2D eigenvalue weighted by Gasteiger charge is 2.21. The zero-order chi connectivity index (χ0) is 13.1. The van der Waals surface area contributed by atoms with Crippen LogP contribution in [0.4, 0.5) is 0 Å². The van der Waals surface area contributed by atoms with Crippen molar-refractivity contribution in [3.63, 3.8) is 0 Å². The van der Waals surface area contributed by atoms with E-state index in [0.717, 1.165) is 24.3 Å². The van der Waals surface area contributed by atoms with Crippen LogP contribution in [0.1, 0.15) is 29.3 Å². The lowest BCUT2D eigenvalue weighted by Crippen LogP contribution is -2.33. The Morgan fingerprint density at radius 2 is 2.33 bits per heavy atom. The zero-order valence-electron chi connectivity index (χ0n) is 11.1. The van der Waals surface area contributed by atoms with Crippen molar-refractivity contribution < 1.29 is 14.3 Å². The smallest absolute Gasteiger partial charge is 0.337 e. The number of ether oxygens (including phenoxy) is 2. The average Bonchev–Trinajstić information content (AvgIpc) is 2.55. The molecule has 4 nitrogen and oxygen atoms in total. The molecule has 1 aromatic carbocycles. The molecule has 1 aromatic rings. The second-order valence-electron chi connectivity index (χ2n) is 4.60. The molecule has 1 atom stereocenters. The third-order valence-corrected chi connectivity index (χ3v) is 3.43. The van der Waals surface area contributed by atoms with Gasteiger partial charge < -0.3 is 9.47 Å². The van der Waals surface area contributed by atoms with Gasteiger partial charge in [-0.3, -0.25) is 4.90 Å². The van der Waals surface area contributed by atoms with Gasteiger partial charge in [-0.25, -0.2) is 4.79 Å². The van der Waals surface area contributed by atoms with Crippen LogP contribution in [0.5, 0.6) is 5.75 Å². The van der Waals surface area contributed by atoms with Crippen LogP contribution in [0.25, 0.3) is 0 Å². The van der Waals surface area contributed by atoms with Gasteiger partial charge in [-0.15, -0.1) is 0 Å². The summed E-state index contributed by atoms with van der Waals surface area (Å²) in [6.07, 6.45) is 1.05. The van der Waals surface area contributed by atoms with Crippen LogP contribution in [-0.2, 0) is 11.3 Å². The van der Waals surface area contributed by atoms with Gasteiger partial charge in [0, 0.05) is 18.2 Å². The van der Waals surface area contributed by atoms with Crippen molar-refractivity contribution in [3.8, 4) is 5.75 Å². The Labute approximate surface area is 107 Å². The Hall–Kier alpha value is -1.55. The molecule has 0 amide bonds. The summed E-state index contributed by atoms with van der Waals surface area (Å²) in [6, 6.07) is 5.91. The van der Waals surface area contributed by atoms with Crippen LogP contribution < -0.4 is 4.74 Å². The second-order valence-corrected chi connectivity index (χ2v) is 4.60. The first-order valence-corrected chi connectivity index (χ1v) is 6.20. The minimum absolute atomic E-state index is 0.328. The second kappa shape index (κ2) is 5.40. The molecule has 0 aromatic heterocycles. The van der Waals surface area contributed by atoms with Crippen molar-refractivity contribution in [3.05, 3.63) is 29.3 Å². The molecule has 0 saturated carbocycles. The van der Waals surface area contributed by atoms with E-state index >= 15 is 0 Å². The summed E-state index contributed by atoms with van der Waals surface area (Å²) in [5.41, 5.74) is 1.65. The van der Waals surface area contributed by atoms with Crippen LogP contribution in [-0.4, -0.2) is 37.7 Å².